The minimum absolute atomic E-state index is 0. The number of benzene rings is 1. The summed E-state index contributed by atoms with van der Waals surface area (Å²) in [4.78, 5) is 0. The Labute approximate surface area is 67.4 Å². The van der Waals surface area contributed by atoms with Crippen molar-refractivity contribution >= 4 is 24.4 Å². The molecule has 0 spiro atoms. The van der Waals surface area contributed by atoms with E-state index in [4.69, 9.17) is 0 Å². The van der Waals surface area contributed by atoms with Gasteiger partial charge in [-0.3, -0.25) is 0 Å². The SMILES string of the molecule is Cc1ccccc1.[Sb]. The Balaban J connectivity index is 0.000000490. The molecule has 1 rings (SSSR count). The predicted octanol–water partition coefficient (Wildman–Crippen LogP) is 1.61. The van der Waals surface area contributed by atoms with Gasteiger partial charge in [-0.1, -0.05) is 35.9 Å². The summed E-state index contributed by atoms with van der Waals surface area (Å²) >= 11 is 0. The molecule has 0 N–H and O–H groups in total. The van der Waals surface area contributed by atoms with E-state index in [0.29, 0.717) is 0 Å². The maximum absolute atomic E-state index is 2.08. The first-order chi connectivity index (χ1) is 3.39. The van der Waals surface area contributed by atoms with Crippen molar-refractivity contribution in [1.82, 2.24) is 0 Å². The van der Waals surface area contributed by atoms with Crippen molar-refractivity contribution in [2.75, 3.05) is 0 Å². The molecule has 1 aromatic carbocycles. The second-order valence-electron chi connectivity index (χ2n) is 1.65. The fraction of sp³-hybridized carbons (Fsp3) is 0.143. The van der Waals surface area contributed by atoms with Crippen molar-refractivity contribution in [1.29, 1.82) is 0 Å². The van der Waals surface area contributed by atoms with Crippen LogP contribution >= 0.6 is 0 Å². The molecule has 3 radical (unpaired) electrons. The van der Waals surface area contributed by atoms with Crippen molar-refractivity contribution in [2.24, 2.45) is 0 Å². The van der Waals surface area contributed by atoms with Crippen LogP contribution in [0.25, 0.3) is 0 Å². The van der Waals surface area contributed by atoms with Crippen LogP contribution in [0.3, 0.4) is 0 Å². The van der Waals surface area contributed by atoms with E-state index < -0.39 is 0 Å². The summed E-state index contributed by atoms with van der Waals surface area (Å²) in [5.74, 6) is 0. The van der Waals surface area contributed by atoms with Crippen molar-refractivity contribution in [3.63, 3.8) is 0 Å². The minimum Gasteiger partial charge on any atom is -0.0622 e. The molecule has 1 aromatic rings. The van der Waals surface area contributed by atoms with E-state index >= 15 is 0 Å². The Morgan fingerprint density at radius 1 is 1.00 bits per heavy atom. The first-order valence-electron chi connectivity index (χ1n) is 2.41. The quantitative estimate of drug-likeness (QED) is 0.575. The van der Waals surface area contributed by atoms with Gasteiger partial charge in [0.1, 0.15) is 0 Å². The Kier molecular flexibility index (Phi) is 3.99. The second-order valence-corrected chi connectivity index (χ2v) is 1.65. The van der Waals surface area contributed by atoms with Crippen LogP contribution in [0.5, 0.6) is 0 Å². The summed E-state index contributed by atoms with van der Waals surface area (Å²) in [6, 6.07) is 10.3. The first-order valence-corrected chi connectivity index (χ1v) is 2.41. The van der Waals surface area contributed by atoms with Crippen molar-refractivity contribution in [3.8, 4) is 0 Å². The third-order valence-corrected chi connectivity index (χ3v) is 0.940. The molecule has 0 heterocycles. The van der Waals surface area contributed by atoms with Crippen LogP contribution < -0.4 is 0 Å². The van der Waals surface area contributed by atoms with Gasteiger partial charge in [-0.05, 0) is 6.92 Å². The molecule has 0 fully saturated rings. The van der Waals surface area contributed by atoms with Gasteiger partial charge in [0.05, 0.1) is 0 Å². The molecule has 1 heteroatoms. The molecular formula is C7H8Sb. The Bertz CT molecular complexity index is 134. The van der Waals surface area contributed by atoms with Crippen LogP contribution in [0.4, 0.5) is 0 Å². The molecule has 0 unspecified atom stereocenters. The summed E-state index contributed by atoms with van der Waals surface area (Å²) in [7, 11) is 0. The smallest absolute Gasteiger partial charge is 0 e. The molecule has 0 amide bonds. The van der Waals surface area contributed by atoms with E-state index in [1.165, 1.54) is 5.56 Å². The third kappa shape index (κ3) is 2.37. The number of aryl methyl sites for hydroxylation is 1. The summed E-state index contributed by atoms with van der Waals surface area (Å²) in [5, 5.41) is 0. The molecule has 0 saturated heterocycles. The minimum atomic E-state index is 0. The van der Waals surface area contributed by atoms with Crippen LogP contribution in [0.2, 0.25) is 0 Å². The van der Waals surface area contributed by atoms with E-state index in [1.54, 1.807) is 0 Å². The van der Waals surface area contributed by atoms with Gasteiger partial charge in [0.15, 0.2) is 0 Å². The molecule has 0 aromatic heterocycles. The average molecular weight is 214 g/mol. The largest absolute Gasteiger partial charge is 0.0622 e. The van der Waals surface area contributed by atoms with Crippen LogP contribution in [0, 0.1) is 6.92 Å². The standard InChI is InChI=1S/C7H8.Sb/c1-7-5-3-2-4-6-7;/h2-6H,1H3;. The first kappa shape index (κ1) is 8.04. The zero-order valence-corrected chi connectivity index (χ0v) is 7.39. The van der Waals surface area contributed by atoms with E-state index in [9.17, 15) is 0 Å². The number of hydrogen-bond donors (Lipinski definition) is 0. The fourth-order valence-electron chi connectivity index (χ4n) is 0.534. The van der Waals surface area contributed by atoms with E-state index in [1.807, 2.05) is 18.2 Å². The van der Waals surface area contributed by atoms with Gasteiger partial charge in [-0.25, -0.2) is 0 Å². The molecule has 41 valence electrons. The van der Waals surface area contributed by atoms with Crippen LogP contribution in [-0.4, -0.2) is 24.4 Å². The van der Waals surface area contributed by atoms with Gasteiger partial charge in [0, 0.05) is 24.4 Å². The van der Waals surface area contributed by atoms with Gasteiger partial charge < -0.3 is 0 Å². The number of hydrogen-bond acceptors (Lipinski definition) is 0. The topological polar surface area (TPSA) is 0 Å². The van der Waals surface area contributed by atoms with Crippen LogP contribution in [0.1, 0.15) is 5.56 Å². The predicted molar refractivity (Wildman–Crippen MR) is 36.9 cm³/mol. The summed E-state index contributed by atoms with van der Waals surface area (Å²) in [6.45, 7) is 2.08. The summed E-state index contributed by atoms with van der Waals surface area (Å²) in [5.41, 5.74) is 1.32. The molecule has 0 bridgehead atoms. The molecule has 0 aliphatic heterocycles. The molecule has 0 saturated carbocycles. The van der Waals surface area contributed by atoms with Gasteiger partial charge in [0.2, 0.25) is 0 Å². The van der Waals surface area contributed by atoms with E-state index in [0.717, 1.165) is 0 Å². The summed E-state index contributed by atoms with van der Waals surface area (Å²) in [6.07, 6.45) is 0. The van der Waals surface area contributed by atoms with Crippen molar-refractivity contribution in [2.45, 2.75) is 6.92 Å². The Hall–Kier alpha value is 0.0382. The van der Waals surface area contributed by atoms with Gasteiger partial charge >= 0.3 is 0 Å². The maximum Gasteiger partial charge on any atom is 0 e. The molecule has 0 aliphatic rings. The normalized spacial score (nSPS) is 7.62. The van der Waals surface area contributed by atoms with Gasteiger partial charge in [-0.15, -0.1) is 0 Å². The van der Waals surface area contributed by atoms with E-state index in [2.05, 4.69) is 19.1 Å². The van der Waals surface area contributed by atoms with Gasteiger partial charge in [-0.2, -0.15) is 0 Å². The van der Waals surface area contributed by atoms with Crippen molar-refractivity contribution in [3.05, 3.63) is 35.9 Å². The Morgan fingerprint density at radius 3 is 1.75 bits per heavy atom. The molecule has 0 atom stereocenters. The Morgan fingerprint density at radius 2 is 1.50 bits per heavy atom. The fourth-order valence-corrected chi connectivity index (χ4v) is 0.534. The average Bonchev–Trinajstić information content (AvgIpc) is 1.69. The zero-order valence-electron chi connectivity index (χ0n) is 4.83. The zero-order chi connectivity index (χ0) is 5.11. The molecule has 0 nitrogen and oxygen atoms in total. The summed E-state index contributed by atoms with van der Waals surface area (Å²) < 4.78 is 0. The molecule has 0 aliphatic carbocycles. The van der Waals surface area contributed by atoms with Gasteiger partial charge in [0.25, 0.3) is 0 Å². The number of rotatable bonds is 0. The van der Waals surface area contributed by atoms with E-state index in [-0.39, 0.29) is 24.4 Å². The van der Waals surface area contributed by atoms with Crippen molar-refractivity contribution < 1.29 is 0 Å². The maximum atomic E-state index is 2.08. The van der Waals surface area contributed by atoms with Crippen LogP contribution in [-0.2, 0) is 0 Å². The molecule has 8 heavy (non-hydrogen) atoms. The third-order valence-electron chi connectivity index (χ3n) is 0.940. The van der Waals surface area contributed by atoms with Crippen LogP contribution in [0.15, 0.2) is 30.3 Å². The monoisotopic (exact) mass is 213 g/mol. The second kappa shape index (κ2) is 3.97. The molecular weight excluding hydrogens is 206 g/mol.